The number of hydrogen-bond donors (Lipinski definition) is 1. The minimum atomic E-state index is -0.175. The number of benzene rings is 1. The molecule has 3 rings (SSSR count). The average molecular weight is 355 g/mol. The van der Waals surface area contributed by atoms with Gasteiger partial charge in [-0.1, -0.05) is 19.1 Å². The lowest BCUT2D eigenvalue weighted by Crippen LogP contribution is -2.28. The van der Waals surface area contributed by atoms with Crippen molar-refractivity contribution in [1.82, 2.24) is 15.1 Å². The van der Waals surface area contributed by atoms with Crippen molar-refractivity contribution in [2.24, 2.45) is 0 Å². The monoisotopic (exact) mass is 355 g/mol. The largest absolute Gasteiger partial charge is 0.494 e. The molecule has 1 aromatic carbocycles. The second-order valence-electron chi connectivity index (χ2n) is 5.77. The first-order chi connectivity index (χ1) is 12.1. The van der Waals surface area contributed by atoms with Gasteiger partial charge in [0.05, 0.1) is 13.2 Å². The molecule has 0 saturated heterocycles. The number of nitrogens with one attached hydrogen (secondary N) is 1. The zero-order chi connectivity index (χ0) is 17.8. The quantitative estimate of drug-likeness (QED) is 0.723. The molecule has 2 aromatic heterocycles. The summed E-state index contributed by atoms with van der Waals surface area (Å²) in [6.45, 7) is 4.06. The lowest BCUT2D eigenvalue weighted by molar-refractivity contribution is 0.0930. The third-order valence-corrected chi connectivity index (χ3v) is 4.99. The van der Waals surface area contributed by atoms with Crippen molar-refractivity contribution in [3.63, 3.8) is 0 Å². The fraction of sp³-hybridized carbons (Fsp3) is 0.263. The van der Waals surface area contributed by atoms with E-state index in [0.29, 0.717) is 11.4 Å². The van der Waals surface area contributed by atoms with E-state index in [-0.39, 0.29) is 11.9 Å². The average Bonchev–Trinajstić information content (AvgIpc) is 3.31. The SMILES string of the molecule is CCC(NC(=O)c1ccn(-c2cc(C)ccc2OC)n1)c1cccs1. The van der Waals surface area contributed by atoms with Crippen LogP contribution in [0.4, 0.5) is 0 Å². The first kappa shape index (κ1) is 17.2. The summed E-state index contributed by atoms with van der Waals surface area (Å²) in [5, 5.41) is 9.50. The number of carbonyl (C=O) groups is 1. The van der Waals surface area contributed by atoms with Gasteiger partial charge in [-0.15, -0.1) is 11.3 Å². The molecule has 6 heteroatoms. The maximum Gasteiger partial charge on any atom is 0.272 e. The summed E-state index contributed by atoms with van der Waals surface area (Å²) >= 11 is 1.64. The Balaban J connectivity index is 1.81. The van der Waals surface area contributed by atoms with Gasteiger partial charge in [0.25, 0.3) is 5.91 Å². The highest BCUT2D eigenvalue weighted by molar-refractivity contribution is 7.10. The third kappa shape index (κ3) is 3.74. The maximum atomic E-state index is 12.6. The molecule has 0 bridgehead atoms. The van der Waals surface area contributed by atoms with Crippen LogP contribution in [-0.2, 0) is 0 Å². The highest BCUT2D eigenvalue weighted by Gasteiger charge is 2.17. The van der Waals surface area contributed by atoms with E-state index < -0.39 is 0 Å². The van der Waals surface area contributed by atoms with E-state index in [1.54, 1.807) is 35.4 Å². The fourth-order valence-corrected chi connectivity index (χ4v) is 3.52. The Morgan fingerprint density at radius 2 is 2.20 bits per heavy atom. The van der Waals surface area contributed by atoms with Crippen LogP contribution in [0.25, 0.3) is 5.69 Å². The summed E-state index contributed by atoms with van der Waals surface area (Å²) in [6.07, 6.45) is 2.61. The molecule has 1 N–H and O–H groups in total. The zero-order valence-electron chi connectivity index (χ0n) is 14.5. The van der Waals surface area contributed by atoms with E-state index in [9.17, 15) is 4.79 Å². The van der Waals surface area contributed by atoms with Gasteiger partial charge in [0, 0.05) is 11.1 Å². The van der Waals surface area contributed by atoms with E-state index in [1.807, 2.05) is 42.6 Å². The highest BCUT2D eigenvalue weighted by Crippen LogP contribution is 2.24. The Morgan fingerprint density at radius 1 is 1.36 bits per heavy atom. The van der Waals surface area contributed by atoms with Crippen molar-refractivity contribution in [3.05, 3.63) is 64.1 Å². The molecule has 5 nitrogen and oxygen atoms in total. The van der Waals surface area contributed by atoms with E-state index in [1.165, 1.54) is 0 Å². The lowest BCUT2D eigenvalue weighted by atomic mass is 10.2. The number of amides is 1. The summed E-state index contributed by atoms with van der Waals surface area (Å²) < 4.78 is 7.07. The second-order valence-corrected chi connectivity index (χ2v) is 6.75. The van der Waals surface area contributed by atoms with Gasteiger partial charge >= 0.3 is 0 Å². The summed E-state index contributed by atoms with van der Waals surface area (Å²) in [6, 6.07) is 11.6. The first-order valence-electron chi connectivity index (χ1n) is 8.17. The highest BCUT2D eigenvalue weighted by atomic mass is 32.1. The van der Waals surface area contributed by atoms with Crippen LogP contribution >= 0.6 is 11.3 Å². The molecule has 0 aliphatic heterocycles. The lowest BCUT2D eigenvalue weighted by Gasteiger charge is -2.14. The number of hydrogen-bond acceptors (Lipinski definition) is 4. The van der Waals surface area contributed by atoms with Gasteiger partial charge in [-0.25, -0.2) is 4.68 Å². The van der Waals surface area contributed by atoms with Crippen LogP contribution in [0.5, 0.6) is 5.75 Å². The Hall–Kier alpha value is -2.60. The Morgan fingerprint density at radius 3 is 2.88 bits per heavy atom. The number of nitrogens with zero attached hydrogens (tertiary/aromatic N) is 2. The van der Waals surface area contributed by atoms with Gasteiger partial charge in [-0.2, -0.15) is 5.10 Å². The molecule has 0 aliphatic rings. The number of rotatable bonds is 6. The Labute approximate surface area is 151 Å². The molecule has 0 fully saturated rings. The van der Waals surface area contributed by atoms with Gasteiger partial charge in [0.1, 0.15) is 11.4 Å². The third-order valence-electron chi connectivity index (χ3n) is 4.00. The van der Waals surface area contributed by atoms with E-state index in [2.05, 4.69) is 17.3 Å². The molecule has 0 spiro atoms. The Kier molecular flexibility index (Phi) is 5.19. The number of aromatic nitrogens is 2. The van der Waals surface area contributed by atoms with Crippen molar-refractivity contribution in [1.29, 1.82) is 0 Å². The molecule has 0 saturated carbocycles. The molecule has 0 radical (unpaired) electrons. The minimum Gasteiger partial charge on any atom is -0.494 e. The smallest absolute Gasteiger partial charge is 0.272 e. The van der Waals surface area contributed by atoms with Crippen LogP contribution in [0.2, 0.25) is 0 Å². The van der Waals surface area contributed by atoms with Crippen molar-refractivity contribution in [2.75, 3.05) is 7.11 Å². The maximum absolute atomic E-state index is 12.6. The normalized spacial score (nSPS) is 12.0. The zero-order valence-corrected chi connectivity index (χ0v) is 15.3. The second kappa shape index (κ2) is 7.53. The standard InChI is InChI=1S/C19H21N3O2S/c1-4-14(18-6-5-11-25-18)20-19(23)15-9-10-22(21-15)16-12-13(2)7-8-17(16)24-3/h5-12,14H,4H2,1-3H3,(H,20,23). The van der Waals surface area contributed by atoms with Gasteiger partial charge in [0.2, 0.25) is 0 Å². The number of aryl methyl sites for hydroxylation is 1. The summed E-state index contributed by atoms with van der Waals surface area (Å²) in [5.41, 5.74) is 2.30. The minimum absolute atomic E-state index is 0.00570. The molecule has 130 valence electrons. The number of thiophene rings is 1. The van der Waals surface area contributed by atoms with E-state index in [4.69, 9.17) is 4.74 Å². The molecule has 1 unspecified atom stereocenters. The van der Waals surface area contributed by atoms with Crippen molar-refractivity contribution < 1.29 is 9.53 Å². The first-order valence-corrected chi connectivity index (χ1v) is 9.05. The predicted molar refractivity (Wildman–Crippen MR) is 99.7 cm³/mol. The van der Waals surface area contributed by atoms with Crippen LogP contribution in [-0.4, -0.2) is 22.8 Å². The fourth-order valence-electron chi connectivity index (χ4n) is 2.65. The van der Waals surface area contributed by atoms with Crippen molar-refractivity contribution in [3.8, 4) is 11.4 Å². The van der Waals surface area contributed by atoms with Gasteiger partial charge < -0.3 is 10.1 Å². The number of carbonyl (C=O) groups excluding carboxylic acids is 1. The van der Waals surface area contributed by atoms with Gasteiger partial charge in [-0.3, -0.25) is 4.79 Å². The number of ether oxygens (including phenoxy) is 1. The predicted octanol–water partition coefficient (Wildman–Crippen LogP) is 4.13. The van der Waals surface area contributed by atoms with Crippen LogP contribution in [0.15, 0.2) is 48.0 Å². The van der Waals surface area contributed by atoms with Crippen molar-refractivity contribution >= 4 is 17.2 Å². The van der Waals surface area contributed by atoms with Crippen LogP contribution in [0.3, 0.4) is 0 Å². The van der Waals surface area contributed by atoms with E-state index in [0.717, 1.165) is 22.5 Å². The summed E-state index contributed by atoms with van der Waals surface area (Å²) in [7, 11) is 1.62. The van der Waals surface area contributed by atoms with E-state index >= 15 is 0 Å². The summed E-state index contributed by atoms with van der Waals surface area (Å²) in [4.78, 5) is 13.7. The van der Waals surface area contributed by atoms with Crippen LogP contribution < -0.4 is 10.1 Å². The molecule has 0 aliphatic carbocycles. The molecule has 3 aromatic rings. The Bertz CT molecular complexity index is 855. The molecule has 25 heavy (non-hydrogen) atoms. The topological polar surface area (TPSA) is 56.2 Å². The summed E-state index contributed by atoms with van der Waals surface area (Å²) in [5.74, 6) is 0.538. The molecule has 1 amide bonds. The van der Waals surface area contributed by atoms with Gasteiger partial charge in [0.15, 0.2) is 5.69 Å². The van der Waals surface area contributed by atoms with Gasteiger partial charge in [-0.05, 0) is 48.6 Å². The number of methoxy groups -OCH3 is 1. The molecular formula is C19H21N3O2S. The molecule has 2 heterocycles. The van der Waals surface area contributed by atoms with Crippen LogP contribution in [0.1, 0.15) is 40.3 Å². The van der Waals surface area contributed by atoms with Crippen molar-refractivity contribution in [2.45, 2.75) is 26.3 Å². The molecule has 1 atom stereocenters. The van der Waals surface area contributed by atoms with Crippen LogP contribution in [0, 0.1) is 6.92 Å². The molecular weight excluding hydrogens is 334 g/mol.